The number of carbonyl (C=O) groups is 1. The fraction of sp³-hybridized carbons (Fsp3) is 0.875. The summed E-state index contributed by atoms with van der Waals surface area (Å²) in [6.07, 6.45) is 4.01. The highest BCUT2D eigenvalue weighted by atomic mass is 16.8. The monoisotopic (exact) mass is 730 g/mol. The van der Waals surface area contributed by atoms with Gasteiger partial charge in [-0.3, -0.25) is 4.79 Å². The summed E-state index contributed by atoms with van der Waals surface area (Å²) in [4.78, 5) is 14.0. The fourth-order valence-electron chi connectivity index (χ4n) is 11.3. The largest absolute Gasteiger partial charge is 0.394 e. The lowest BCUT2D eigenvalue weighted by molar-refractivity contribution is -0.292. The number of hydrogen-bond acceptors (Lipinski definition) is 12. The Labute approximate surface area is 306 Å². The molecule has 10 aliphatic rings. The molecule has 1 spiro atoms. The standard InChI is InChI=1S/C40H58O12/c1-19-11-24-5-7-28-20(2)12-26(45-28)9-10-40-17-33-36(51-40)37-38(50-33)39(52-40)35-29(49-37)8-6-25(47-35)13-22(42)14-27-31(16-30(46-24)21(19)3)48-32(34(27)44-4)15-23(43)18-41/h19,23-39,41,43H,2-3,5-18H2,1,4H3/t19-,23?,24?,25?,26+,27?,28+,29+,30-,31+,32-,33-,34-,35+,36?,37+,38?,39+,40+/m1/s1. The molecular formula is C40H58O12. The Morgan fingerprint density at radius 1 is 0.788 bits per heavy atom. The van der Waals surface area contributed by atoms with Crippen LogP contribution in [0.4, 0.5) is 0 Å². The number of rotatable bonds is 4. The van der Waals surface area contributed by atoms with Crippen molar-refractivity contribution in [3.05, 3.63) is 24.3 Å². The molecule has 12 nitrogen and oxygen atoms in total. The zero-order chi connectivity index (χ0) is 35.9. The first-order valence-corrected chi connectivity index (χ1v) is 20.1. The molecule has 10 fully saturated rings. The molecule has 10 aliphatic heterocycles. The van der Waals surface area contributed by atoms with Gasteiger partial charge in [-0.2, -0.15) is 0 Å². The van der Waals surface area contributed by atoms with Crippen LogP contribution in [-0.2, 0) is 47.4 Å². The molecule has 12 heteroatoms. The van der Waals surface area contributed by atoms with Crippen molar-refractivity contribution >= 4 is 5.78 Å². The van der Waals surface area contributed by atoms with Crippen molar-refractivity contribution in [2.75, 3.05) is 13.7 Å². The highest BCUT2D eigenvalue weighted by Gasteiger charge is 2.68. The maximum absolute atomic E-state index is 14.0. The van der Waals surface area contributed by atoms with Crippen molar-refractivity contribution in [2.45, 2.75) is 194 Å². The summed E-state index contributed by atoms with van der Waals surface area (Å²) in [5.41, 5.74) is 2.17. The Hall–Kier alpha value is -1.29. The first kappa shape index (κ1) is 36.4. The van der Waals surface area contributed by atoms with Gasteiger partial charge in [-0.25, -0.2) is 0 Å². The molecule has 10 rings (SSSR count). The Bertz CT molecular complexity index is 1370. The number of ether oxygens (including phenoxy) is 9. The zero-order valence-electron chi connectivity index (χ0n) is 30.7. The van der Waals surface area contributed by atoms with Gasteiger partial charge in [0.15, 0.2) is 5.79 Å². The molecule has 52 heavy (non-hydrogen) atoms. The molecule has 19 atom stereocenters. The Morgan fingerprint density at radius 2 is 1.54 bits per heavy atom. The van der Waals surface area contributed by atoms with E-state index >= 15 is 0 Å². The number of methoxy groups -OCH3 is 1. The lowest BCUT2D eigenvalue weighted by Crippen LogP contribution is -2.61. The molecule has 0 saturated carbocycles. The number of carbonyl (C=O) groups excluding carboxylic acids is 1. The quantitative estimate of drug-likeness (QED) is 0.410. The average molecular weight is 731 g/mol. The van der Waals surface area contributed by atoms with E-state index < -0.39 is 24.1 Å². The van der Waals surface area contributed by atoms with E-state index in [0.717, 1.165) is 49.7 Å². The van der Waals surface area contributed by atoms with E-state index in [4.69, 9.17) is 42.6 Å². The van der Waals surface area contributed by atoms with E-state index in [1.165, 1.54) is 0 Å². The van der Waals surface area contributed by atoms with Crippen LogP contribution < -0.4 is 0 Å². The summed E-state index contributed by atoms with van der Waals surface area (Å²) >= 11 is 0. The van der Waals surface area contributed by atoms with Gasteiger partial charge in [0.2, 0.25) is 0 Å². The molecule has 10 heterocycles. The van der Waals surface area contributed by atoms with Gasteiger partial charge >= 0.3 is 0 Å². The predicted octanol–water partition coefficient (Wildman–Crippen LogP) is 3.47. The number of hydrogen-bond donors (Lipinski definition) is 2. The van der Waals surface area contributed by atoms with Crippen LogP contribution in [-0.4, -0.2) is 133 Å². The van der Waals surface area contributed by atoms with Crippen LogP contribution in [0.3, 0.4) is 0 Å². The Kier molecular flexibility index (Phi) is 10.0. The number of Topliss-reactive ketones (excluding diaryl/α,β-unsaturated/α-hetero) is 1. The van der Waals surface area contributed by atoms with Crippen molar-refractivity contribution < 1.29 is 57.6 Å². The van der Waals surface area contributed by atoms with E-state index in [-0.39, 0.29) is 123 Å². The lowest BCUT2D eigenvalue weighted by Gasteiger charge is -2.47. The van der Waals surface area contributed by atoms with Crippen LogP contribution in [0.1, 0.15) is 90.4 Å². The number of aliphatic hydroxyl groups is 2. The SMILES string of the molecule is C=C1C[C@@H]2CC[C@@]34C[C@H]5OC6[C@@H](O[C@H]7CCC(CC(=O)CC8[C@H](C[C@H]9OC(CC[C@@H]1O2)C[C@@H](C)C9=C)O[C@H](CC(O)CO)[C@@H]8OC)O[C@@H]7[C@@H]6O3)C5O4. The van der Waals surface area contributed by atoms with E-state index in [2.05, 4.69) is 20.1 Å². The van der Waals surface area contributed by atoms with E-state index in [9.17, 15) is 15.0 Å². The molecule has 10 saturated heterocycles. The Balaban J connectivity index is 0.994. The minimum Gasteiger partial charge on any atom is -0.394 e. The van der Waals surface area contributed by atoms with Gasteiger partial charge in [0, 0.05) is 51.6 Å². The summed E-state index contributed by atoms with van der Waals surface area (Å²) in [5, 5.41) is 20.1. The smallest absolute Gasteiger partial charge is 0.172 e. The van der Waals surface area contributed by atoms with Crippen molar-refractivity contribution in [1.29, 1.82) is 0 Å². The van der Waals surface area contributed by atoms with E-state index in [0.29, 0.717) is 25.7 Å². The highest BCUT2D eigenvalue weighted by molar-refractivity contribution is 5.79. The molecule has 0 aromatic carbocycles. The summed E-state index contributed by atoms with van der Waals surface area (Å²) in [6.45, 7) is 10.7. The minimum absolute atomic E-state index is 0.0260. The summed E-state index contributed by atoms with van der Waals surface area (Å²) in [5.74, 6) is -0.709. The van der Waals surface area contributed by atoms with Crippen molar-refractivity contribution in [3.63, 3.8) is 0 Å². The number of aliphatic hydroxyl groups excluding tert-OH is 2. The van der Waals surface area contributed by atoms with Gasteiger partial charge in [-0.1, -0.05) is 20.1 Å². The summed E-state index contributed by atoms with van der Waals surface area (Å²) < 4.78 is 59.8. The first-order chi connectivity index (χ1) is 25.1. The fourth-order valence-corrected chi connectivity index (χ4v) is 11.3. The minimum atomic E-state index is -0.951. The molecule has 290 valence electrons. The number of fused-ring (bicyclic) bond motifs is 6. The molecular weight excluding hydrogens is 672 g/mol. The van der Waals surface area contributed by atoms with Gasteiger partial charge in [0.1, 0.15) is 36.3 Å². The molecule has 0 aliphatic carbocycles. The van der Waals surface area contributed by atoms with Crippen molar-refractivity contribution in [1.82, 2.24) is 0 Å². The molecule has 2 N–H and O–H groups in total. The van der Waals surface area contributed by atoms with E-state index in [1.54, 1.807) is 7.11 Å². The van der Waals surface area contributed by atoms with Crippen molar-refractivity contribution in [2.24, 2.45) is 11.8 Å². The molecule has 0 amide bonds. The summed E-state index contributed by atoms with van der Waals surface area (Å²) in [7, 11) is 1.63. The molecule has 6 unspecified atom stereocenters. The molecule has 0 aromatic rings. The first-order valence-electron chi connectivity index (χ1n) is 20.1. The average Bonchev–Trinajstić information content (AvgIpc) is 3.79. The molecule has 12 bridgehead atoms. The van der Waals surface area contributed by atoms with Gasteiger partial charge < -0.3 is 52.8 Å². The topological polar surface area (TPSA) is 141 Å². The van der Waals surface area contributed by atoms with Gasteiger partial charge in [0.05, 0.1) is 73.8 Å². The molecule has 0 aromatic heterocycles. The maximum Gasteiger partial charge on any atom is 0.172 e. The van der Waals surface area contributed by atoms with Crippen LogP contribution >= 0.6 is 0 Å². The van der Waals surface area contributed by atoms with E-state index in [1.807, 2.05) is 0 Å². The van der Waals surface area contributed by atoms with Crippen LogP contribution in [0.2, 0.25) is 0 Å². The van der Waals surface area contributed by atoms with Crippen LogP contribution in [0.15, 0.2) is 24.3 Å². The lowest BCUT2D eigenvalue weighted by atomic mass is 9.81. The predicted molar refractivity (Wildman–Crippen MR) is 184 cm³/mol. The van der Waals surface area contributed by atoms with Gasteiger partial charge in [0.25, 0.3) is 0 Å². The summed E-state index contributed by atoms with van der Waals surface area (Å²) in [6, 6.07) is 0. The van der Waals surface area contributed by atoms with Crippen LogP contribution in [0.5, 0.6) is 0 Å². The third-order valence-electron chi connectivity index (χ3n) is 13.9. The second-order valence-corrected chi connectivity index (χ2v) is 17.4. The van der Waals surface area contributed by atoms with Crippen LogP contribution in [0, 0.1) is 11.8 Å². The van der Waals surface area contributed by atoms with Crippen LogP contribution in [0.25, 0.3) is 0 Å². The second-order valence-electron chi connectivity index (χ2n) is 17.4. The van der Waals surface area contributed by atoms with Gasteiger partial charge in [-0.05, 0) is 62.0 Å². The second kappa shape index (κ2) is 14.3. The highest BCUT2D eigenvalue weighted by Crippen LogP contribution is 2.54. The molecule has 0 radical (unpaired) electrons. The normalized spacial score (nSPS) is 52.4. The third-order valence-corrected chi connectivity index (χ3v) is 13.9. The number of ketones is 1. The maximum atomic E-state index is 14.0. The third kappa shape index (κ3) is 6.59. The van der Waals surface area contributed by atoms with Gasteiger partial charge in [-0.15, -0.1) is 0 Å². The Morgan fingerprint density at radius 3 is 2.37 bits per heavy atom. The van der Waals surface area contributed by atoms with Crippen molar-refractivity contribution in [3.8, 4) is 0 Å². The zero-order valence-corrected chi connectivity index (χ0v) is 30.7.